The quantitative estimate of drug-likeness (QED) is 0.487. The first-order chi connectivity index (χ1) is 14.4. The number of carbonyl (C=O) groups excluding carboxylic acids is 3. The molecule has 2 amide bonds. The molecule has 1 fully saturated rings. The van der Waals surface area contributed by atoms with Gasteiger partial charge in [-0.05, 0) is 30.9 Å². The van der Waals surface area contributed by atoms with Crippen molar-refractivity contribution in [1.29, 1.82) is 0 Å². The molecule has 1 aromatic carbocycles. The van der Waals surface area contributed by atoms with Gasteiger partial charge in [0.05, 0.1) is 7.11 Å². The van der Waals surface area contributed by atoms with Crippen LogP contribution < -0.4 is 5.32 Å². The summed E-state index contributed by atoms with van der Waals surface area (Å²) >= 11 is 0. The monoisotopic (exact) mass is 420 g/mol. The highest BCUT2D eigenvalue weighted by Crippen LogP contribution is 2.23. The fourth-order valence-electron chi connectivity index (χ4n) is 3.65. The van der Waals surface area contributed by atoms with Gasteiger partial charge in [0.2, 0.25) is 5.91 Å². The van der Waals surface area contributed by atoms with Crippen molar-refractivity contribution in [3.63, 3.8) is 0 Å². The summed E-state index contributed by atoms with van der Waals surface area (Å²) in [4.78, 5) is 39.6. The minimum atomic E-state index is -0.732. The number of esters is 1. The van der Waals surface area contributed by atoms with Crippen LogP contribution in [0.5, 0.6) is 0 Å². The highest BCUT2D eigenvalue weighted by atomic mass is 16.7. The molecule has 1 aromatic rings. The van der Waals surface area contributed by atoms with E-state index in [4.69, 9.17) is 14.2 Å². The lowest BCUT2D eigenvalue weighted by Crippen LogP contribution is -2.53. The third-order valence-electron chi connectivity index (χ3n) is 5.64. The van der Waals surface area contributed by atoms with Crippen LogP contribution >= 0.6 is 0 Å². The van der Waals surface area contributed by atoms with Gasteiger partial charge in [-0.25, -0.2) is 4.79 Å². The Morgan fingerprint density at radius 1 is 1.13 bits per heavy atom. The molecule has 1 aliphatic rings. The van der Waals surface area contributed by atoms with Gasteiger partial charge in [-0.2, -0.15) is 0 Å². The number of likely N-dealkylation sites (tertiary alicyclic amines) is 1. The van der Waals surface area contributed by atoms with Crippen molar-refractivity contribution >= 4 is 17.8 Å². The van der Waals surface area contributed by atoms with Gasteiger partial charge in [-0.3, -0.25) is 9.59 Å². The highest BCUT2D eigenvalue weighted by Gasteiger charge is 2.37. The summed E-state index contributed by atoms with van der Waals surface area (Å²) in [6.45, 7) is 4.32. The summed E-state index contributed by atoms with van der Waals surface area (Å²) < 4.78 is 15.3. The zero-order chi connectivity index (χ0) is 22.3. The maximum Gasteiger partial charge on any atom is 0.328 e. The Bertz CT molecular complexity index is 732. The van der Waals surface area contributed by atoms with Gasteiger partial charge >= 0.3 is 5.97 Å². The molecule has 1 heterocycles. The maximum absolute atomic E-state index is 13.0. The number of amides is 2. The number of hydrogen-bond donors (Lipinski definition) is 1. The van der Waals surface area contributed by atoms with E-state index in [1.807, 2.05) is 13.8 Å². The average molecular weight is 421 g/mol. The molecular weight excluding hydrogens is 388 g/mol. The molecule has 2 rings (SSSR count). The van der Waals surface area contributed by atoms with Crippen molar-refractivity contribution in [3.05, 3.63) is 35.4 Å². The van der Waals surface area contributed by atoms with Gasteiger partial charge in [0.15, 0.2) is 6.29 Å². The lowest BCUT2D eigenvalue weighted by atomic mass is 9.98. The predicted octanol–water partition coefficient (Wildman–Crippen LogP) is 2.29. The number of benzene rings is 1. The molecule has 8 nitrogen and oxygen atoms in total. The third-order valence-corrected chi connectivity index (χ3v) is 5.64. The Morgan fingerprint density at radius 2 is 1.77 bits per heavy atom. The fraction of sp³-hybridized carbons (Fsp3) is 0.591. The van der Waals surface area contributed by atoms with E-state index in [1.165, 1.54) is 7.11 Å². The van der Waals surface area contributed by atoms with Crippen molar-refractivity contribution in [2.75, 3.05) is 27.9 Å². The van der Waals surface area contributed by atoms with Gasteiger partial charge < -0.3 is 24.4 Å². The highest BCUT2D eigenvalue weighted by molar-refractivity contribution is 5.98. The van der Waals surface area contributed by atoms with Gasteiger partial charge in [0.25, 0.3) is 5.91 Å². The first kappa shape index (κ1) is 23.8. The standard InChI is InChI=1S/C22H32N2O6/c1-6-14(2)18(21(27)28-3)23-19(25)17-8-7-13-24(17)20(26)15-9-11-16(12-10-15)22(29-4)30-5/h9-12,14,17-18,22H,6-8,13H2,1-5H3,(H,23,25)/t14-,17-,18-/m0/s1. The van der Waals surface area contributed by atoms with Crippen molar-refractivity contribution in [2.45, 2.75) is 51.5 Å². The van der Waals surface area contributed by atoms with E-state index in [-0.39, 0.29) is 17.7 Å². The Hall–Kier alpha value is -2.45. The molecule has 0 unspecified atom stereocenters. The average Bonchev–Trinajstić information content (AvgIpc) is 3.27. The molecule has 0 radical (unpaired) electrons. The second-order valence-electron chi connectivity index (χ2n) is 7.48. The van der Waals surface area contributed by atoms with E-state index in [0.717, 1.165) is 12.0 Å². The van der Waals surface area contributed by atoms with Crippen LogP contribution in [0.2, 0.25) is 0 Å². The number of ether oxygens (including phenoxy) is 3. The molecule has 166 valence electrons. The van der Waals surface area contributed by atoms with Crippen molar-refractivity contribution < 1.29 is 28.6 Å². The van der Waals surface area contributed by atoms with E-state index >= 15 is 0 Å². The van der Waals surface area contributed by atoms with Crippen LogP contribution in [-0.4, -0.2) is 62.6 Å². The second-order valence-corrected chi connectivity index (χ2v) is 7.48. The molecule has 0 aliphatic carbocycles. The van der Waals surface area contributed by atoms with Crippen molar-refractivity contribution in [3.8, 4) is 0 Å². The Labute approximate surface area is 177 Å². The first-order valence-corrected chi connectivity index (χ1v) is 10.2. The Balaban J connectivity index is 2.13. The smallest absolute Gasteiger partial charge is 0.328 e. The Morgan fingerprint density at radius 3 is 2.30 bits per heavy atom. The van der Waals surface area contributed by atoms with Crippen LogP contribution in [0.15, 0.2) is 24.3 Å². The van der Waals surface area contributed by atoms with E-state index in [0.29, 0.717) is 24.9 Å². The molecule has 0 aromatic heterocycles. The normalized spacial score (nSPS) is 18.2. The van der Waals surface area contributed by atoms with E-state index in [2.05, 4.69) is 5.32 Å². The number of methoxy groups -OCH3 is 3. The molecule has 1 aliphatic heterocycles. The zero-order valence-electron chi connectivity index (χ0n) is 18.3. The summed E-state index contributed by atoms with van der Waals surface area (Å²) in [6.07, 6.45) is 1.49. The van der Waals surface area contributed by atoms with Crippen molar-refractivity contribution in [2.24, 2.45) is 5.92 Å². The largest absolute Gasteiger partial charge is 0.467 e. The molecule has 0 spiro atoms. The maximum atomic E-state index is 13.0. The van der Waals surface area contributed by atoms with Crippen LogP contribution in [0.25, 0.3) is 0 Å². The minimum Gasteiger partial charge on any atom is -0.467 e. The molecule has 0 saturated carbocycles. The number of carbonyl (C=O) groups is 3. The Kier molecular flexibility index (Phi) is 8.80. The predicted molar refractivity (Wildman–Crippen MR) is 111 cm³/mol. The summed E-state index contributed by atoms with van der Waals surface area (Å²) in [5.74, 6) is -1.10. The lowest BCUT2D eigenvalue weighted by Gasteiger charge is -2.28. The van der Waals surface area contributed by atoms with E-state index < -0.39 is 24.3 Å². The number of hydrogen-bond acceptors (Lipinski definition) is 6. The van der Waals surface area contributed by atoms with Crippen LogP contribution in [0.3, 0.4) is 0 Å². The molecule has 0 bridgehead atoms. The van der Waals surface area contributed by atoms with E-state index in [1.54, 1.807) is 43.4 Å². The SMILES string of the molecule is CC[C@H](C)[C@H](NC(=O)[C@@H]1CCCN1C(=O)c1ccc(C(OC)OC)cc1)C(=O)OC. The zero-order valence-corrected chi connectivity index (χ0v) is 18.3. The molecule has 30 heavy (non-hydrogen) atoms. The number of nitrogens with one attached hydrogen (secondary N) is 1. The summed E-state index contributed by atoms with van der Waals surface area (Å²) in [7, 11) is 4.39. The van der Waals surface area contributed by atoms with Gasteiger partial charge in [0, 0.05) is 31.9 Å². The van der Waals surface area contributed by atoms with Gasteiger partial charge in [-0.1, -0.05) is 32.4 Å². The summed E-state index contributed by atoms with van der Waals surface area (Å²) in [6, 6.07) is 5.60. The molecule has 1 saturated heterocycles. The summed E-state index contributed by atoms with van der Waals surface area (Å²) in [5.41, 5.74) is 1.28. The molecule has 3 atom stereocenters. The van der Waals surface area contributed by atoms with Crippen LogP contribution in [0, 0.1) is 5.92 Å². The minimum absolute atomic E-state index is 0.0750. The lowest BCUT2D eigenvalue weighted by molar-refractivity contribution is -0.147. The van der Waals surface area contributed by atoms with Crippen LogP contribution in [0.4, 0.5) is 0 Å². The van der Waals surface area contributed by atoms with Crippen molar-refractivity contribution in [1.82, 2.24) is 10.2 Å². The molecule has 1 N–H and O–H groups in total. The van der Waals surface area contributed by atoms with Crippen LogP contribution in [-0.2, 0) is 23.8 Å². The fourth-order valence-corrected chi connectivity index (χ4v) is 3.65. The first-order valence-electron chi connectivity index (χ1n) is 10.2. The number of nitrogens with zero attached hydrogens (tertiary/aromatic N) is 1. The second kappa shape index (κ2) is 11.1. The molecule has 8 heteroatoms. The number of rotatable bonds is 9. The third kappa shape index (κ3) is 5.37. The summed E-state index contributed by atoms with van der Waals surface area (Å²) in [5, 5.41) is 2.80. The van der Waals surface area contributed by atoms with E-state index in [9.17, 15) is 14.4 Å². The molecular formula is C22H32N2O6. The topological polar surface area (TPSA) is 94.2 Å². The van der Waals surface area contributed by atoms with Crippen LogP contribution in [0.1, 0.15) is 55.3 Å². The van der Waals surface area contributed by atoms with Gasteiger partial charge in [0.1, 0.15) is 12.1 Å². The van der Waals surface area contributed by atoms with Gasteiger partial charge in [-0.15, -0.1) is 0 Å².